The first-order valence-electron chi connectivity index (χ1n) is 18.2. The summed E-state index contributed by atoms with van der Waals surface area (Å²) in [5, 5.41) is 12.9. The summed E-state index contributed by atoms with van der Waals surface area (Å²) in [7, 11) is 1.80. The first-order chi connectivity index (χ1) is 25.7. The Hall–Kier alpha value is -4.88. The van der Waals surface area contributed by atoms with E-state index in [4.69, 9.17) is 23.7 Å². The molecule has 2 saturated heterocycles. The normalized spacial score (nSPS) is 42.1. The molecule has 0 aromatic heterocycles. The Morgan fingerprint density at radius 1 is 0.759 bits per heavy atom. The van der Waals surface area contributed by atoms with E-state index in [1.54, 1.807) is 74.6 Å². The van der Waals surface area contributed by atoms with E-state index in [0.29, 0.717) is 17.4 Å². The van der Waals surface area contributed by atoms with Gasteiger partial charge in [0.1, 0.15) is 18.5 Å². The Balaban J connectivity index is 1.39. The van der Waals surface area contributed by atoms with E-state index in [2.05, 4.69) is 6.58 Å². The van der Waals surface area contributed by atoms with Crippen molar-refractivity contribution in [2.75, 3.05) is 7.05 Å². The predicted molar refractivity (Wildman–Crippen MR) is 186 cm³/mol. The number of piperidine rings is 1. The molecule has 8 aliphatic rings. The van der Waals surface area contributed by atoms with Gasteiger partial charge in [-0.05, 0) is 44.7 Å². The summed E-state index contributed by atoms with van der Waals surface area (Å²) in [6.45, 7) is 9.63. The lowest BCUT2D eigenvalue weighted by molar-refractivity contribution is -0.301. The molecule has 2 aromatic carbocycles. The topological polar surface area (TPSA) is 172 Å². The molecule has 2 aromatic rings. The second-order valence-electron chi connectivity index (χ2n) is 16.1. The maximum atomic E-state index is 14.0. The van der Waals surface area contributed by atoms with Gasteiger partial charge < -0.3 is 33.6 Å². The summed E-state index contributed by atoms with van der Waals surface area (Å²) < 4.78 is 31.3. The summed E-state index contributed by atoms with van der Waals surface area (Å²) in [6, 6.07) is 15.1. The standard InChI is InChI=1S/C41H43NO12/c1-19-17-40-26-28(53-37(48)23-13-9-7-10-14-23)25(19)29(50-20(2)44)32(40)41-31(27(34(40)47)42(6)33(26)41)39(5,18-43)35(51-21(3)45)30(36(41)52-22(4)46)54-38(49)24-15-11-8-12-16-24/h7-16,18,25-36,47H,1,17H2,2-6H3/t25-,26+,27+,28+,29+,30-,31+,32+,33+,34+,35-,36+,39-,40-,41+/m0/s1. The second kappa shape index (κ2) is 12.3. The molecule has 0 unspecified atom stereocenters. The van der Waals surface area contributed by atoms with Crippen LogP contribution in [0.2, 0.25) is 0 Å². The van der Waals surface area contributed by atoms with Crippen molar-refractivity contribution in [2.24, 2.45) is 39.9 Å². The number of hydrogen-bond acceptors (Lipinski definition) is 13. The van der Waals surface area contributed by atoms with Crippen molar-refractivity contribution in [1.82, 2.24) is 4.90 Å². The molecule has 2 heterocycles. The summed E-state index contributed by atoms with van der Waals surface area (Å²) in [4.78, 5) is 83.0. The van der Waals surface area contributed by atoms with Gasteiger partial charge in [0, 0.05) is 61.4 Å². The first-order valence-corrected chi connectivity index (χ1v) is 18.2. The molecule has 10 rings (SSSR count). The number of aliphatic hydroxyl groups excluding tert-OH is 1. The van der Waals surface area contributed by atoms with Gasteiger partial charge >= 0.3 is 29.8 Å². The average molecular weight is 742 g/mol. The van der Waals surface area contributed by atoms with Crippen LogP contribution in [0, 0.1) is 39.9 Å². The van der Waals surface area contributed by atoms with Crippen molar-refractivity contribution in [2.45, 2.75) is 82.8 Å². The first kappa shape index (κ1) is 36.1. The number of carbonyl (C=O) groups is 6. The summed E-state index contributed by atoms with van der Waals surface area (Å²) >= 11 is 0. The van der Waals surface area contributed by atoms with Crippen molar-refractivity contribution in [1.29, 1.82) is 0 Å². The molecule has 7 bridgehead atoms. The van der Waals surface area contributed by atoms with Crippen LogP contribution in [0.15, 0.2) is 72.8 Å². The van der Waals surface area contributed by atoms with Gasteiger partial charge in [0.15, 0.2) is 18.3 Å². The van der Waals surface area contributed by atoms with E-state index in [0.717, 1.165) is 0 Å². The molecule has 8 fully saturated rings. The highest BCUT2D eigenvalue weighted by molar-refractivity contribution is 5.90. The minimum absolute atomic E-state index is 0.163. The molecule has 2 aliphatic heterocycles. The third-order valence-electron chi connectivity index (χ3n) is 13.7. The zero-order chi connectivity index (χ0) is 38.6. The van der Waals surface area contributed by atoms with E-state index in [9.17, 15) is 33.9 Å². The van der Waals surface area contributed by atoms with Crippen molar-refractivity contribution >= 4 is 36.1 Å². The number of carbonyl (C=O) groups excluding carboxylic acids is 6. The van der Waals surface area contributed by atoms with Crippen molar-refractivity contribution in [3.8, 4) is 0 Å². The third-order valence-corrected chi connectivity index (χ3v) is 13.7. The quantitative estimate of drug-likeness (QED) is 0.181. The lowest BCUT2D eigenvalue weighted by Gasteiger charge is -2.70. The lowest BCUT2D eigenvalue weighted by atomic mass is 9.37. The number of nitrogens with zero attached hydrogens (tertiary/aromatic N) is 1. The lowest BCUT2D eigenvalue weighted by Crippen LogP contribution is -2.79. The Morgan fingerprint density at radius 2 is 1.28 bits per heavy atom. The van der Waals surface area contributed by atoms with E-state index in [1.807, 2.05) is 4.90 Å². The number of aliphatic hydroxyl groups is 1. The number of ether oxygens (including phenoxy) is 5. The van der Waals surface area contributed by atoms with Crippen molar-refractivity contribution in [3.63, 3.8) is 0 Å². The van der Waals surface area contributed by atoms with Crippen LogP contribution >= 0.6 is 0 Å². The van der Waals surface area contributed by atoms with E-state index >= 15 is 0 Å². The van der Waals surface area contributed by atoms with Crippen LogP contribution in [0.3, 0.4) is 0 Å². The van der Waals surface area contributed by atoms with Crippen LogP contribution in [-0.4, -0.2) is 102 Å². The molecule has 1 N–H and O–H groups in total. The third kappa shape index (κ3) is 4.51. The fourth-order valence-corrected chi connectivity index (χ4v) is 12.7. The number of rotatable bonds is 8. The number of benzene rings is 2. The smallest absolute Gasteiger partial charge is 0.338 e. The van der Waals surface area contributed by atoms with Crippen LogP contribution in [0.1, 0.15) is 54.8 Å². The highest BCUT2D eigenvalue weighted by Crippen LogP contribution is 2.85. The number of hydrogen-bond donors (Lipinski definition) is 1. The second-order valence-corrected chi connectivity index (χ2v) is 16.1. The van der Waals surface area contributed by atoms with Gasteiger partial charge in [-0.1, -0.05) is 48.6 Å². The minimum atomic E-state index is -1.66. The van der Waals surface area contributed by atoms with Gasteiger partial charge in [-0.25, -0.2) is 9.59 Å². The largest absolute Gasteiger partial charge is 0.461 e. The fourth-order valence-electron chi connectivity index (χ4n) is 12.7. The van der Waals surface area contributed by atoms with Gasteiger partial charge in [-0.15, -0.1) is 0 Å². The summed E-state index contributed by atoms with van der Waals surface area (Å²) in [6.07, 6.45) is -6.72. The Labute approximate surface area is 311 Å². The van der Waals surface area contributed by atoms with Crippen molar-refractivity contribution in [3.05, 3.63) is 83.9 Å². The molecular weight excluding hydrogens is 698 g/mol. The highest BCUT2D eigenvalue weighted by Gasteiger charge is 2.95. The average Bonchev–Trinajstić information content (AvgIpc) is 3.46. The molecule has 0 radical (unpaired) electrons. The van der Waals surface area contributed by atoms with Crippen LogP contribution < -0.4 is 0 Å². The minimum Gasteiger partial charge on any atom is -0.461 e. The molecular formula is C41H43NO12. The van der Waals surface area contributed by atoms with Crippen LogP contribution in [0.25, 0.3) is 0 Å². The molecule has 6 saturated carbocycles. The number of likely N-dealkylation sites (N-methyl/N-ethyl adjacent to an activating group) is 1. The van der Waals surface area contributed by atoms with E-state index in [-0.39, 0.29) is 12.0 Å². The van der Waals surface area contributed by atoms with Crippen LogP contribution in [0.5, 0.6) is 0 Å². The van der Waals surface area contributed by atoms with Gasteiger partial charge in [0.25, 0.3) is 0 Å². The molecule has 2 spiro atoms. The van der Waals surface area contributed by atoms with Gasteiger partial charge in [0.2, 0.25) is 0 Å². The molecule has 13 nitrogen and oxygen atoms in total. The zero-order valence-electron chi connectivity index (χ0n) is 30.6. The van der Waals surface area contributed by atoms with Crippen LogP contribution in [0.4, 0.5) is 0 Å². The van der Waals surface area contributed by atoms with E-state index in [1.165, 1.54) is 20.8 Å². The SMILES string of the molecule is C=C1C[C@]23[C@@H]4[C@H](OC(=O)c5ccccc5)[C@H]1[C@@H](OC(C)=O)[C@H]2[C@]12[C@H](OC(C)=O)[C@@H](OC(=O)c5ccccc5)[C@H](OC(C)=O)[C@@](C)(C=O)[C@H]1[C@H]([C@H]3O)N(C)[C@H]42. The van der Waals surface area contributed by atoms with Gasteiger partial charge in [-0.2, -0.15) is 0 Å². The molecule has 284 valence electrons. The van der Waals surface area contributed by atoms with Crippen molar-refractivity contribution < 1.29 is 57.6 Å². The molecule has 15 atom stereocenters. The Morgan fingerprint density at radius 3 is 1.80 bits per heavy atom. The molecule has 0 amide bonds. The molecule has 13 heteroatoms. The zero-order valence-corrected chi connectivity index (χ0v) is 30.6. The fraction of sp³-hybridized carbons (Fsp3) is 0.512. The van der Waals surface area contributed by atoms with Gasteiger partial charge in [-0.3, -0.25) is 19.3 Å². The maximum absolute atomic E-state index is 14.0. The summed E-state index contributed by atoms with van der Waals surface area (Å²) in [5.41, 5.74) is -3.13. The van der Waals surface area contributed by atoms with Crippen LogP contribution in [-0.2, 0) is 42.9 Å². The molecule has 54 heavy (non-hydrogen) atoms. The number of fused-ring (bicyclic) bond motifs is 1. The summed E-state index contributed by atoms with van der Waals surface area (Å²) in [5.74, 6) is -6.72. The van der Waals surface area contributed by atoms with E-state index < -0.39 is 118 Å². The number of esters is 5. The predicted octanol–water partition coefficient (Wildman–Crippen LogP) is 2.93. The molecule has 6 aliphatic carbocycles. The monoisotopic (exact) mass is 741 g/mol. The Kier molecular flexibility index (Phi) is 8.24. The maximum Gasteiger partial charge on any atom is 0.338 e. The van der Waals surface area contributed by atoms with Gasteiger partial charge in [0.05, 0.1) is 28.6 Å². The number of aldehydes is 1. The Bertz CT molecular complexity index is 1950. The highest BCUT2D eigenvalue weighted by atomic mass is 16.6.